The zero-order valence-electron chi connectivity index (χ0n) is 28.8. The molecule has 1 aromatic carbocycles. The molecule has 1 fully saturated rings. The first-order valence-corrected chi connectivity index (χ1v) is 17.5. The van der Waals surface area contributed by atoms with Gasteiger partial charge in [-0.25, -0.2) is 0 Å². The summed E-state index contributed by atoms with van der Waals surface area (Å²) in [5, 5.41) is 4.91. The van der Waals surface area contributed by atoms with E-state index in [1.54, 1.807) is 12.1 Å². The molecule has 2 aliphatic rings. The first-order valence-electron chi connectivity index (χ1n) is 17.5. The smallest absolute Gasteiger partial charge is 0.264 e. The largest absolute Gasteiger partial charge is 0.379 e. The minimum absolute atomic E-state index is 0.0345. The predicted molar refractivity (Wildman–Crippen MR) is 179 cm³/mol. The van der Waals surface area contributed by atoms with Crippen molar-refractivity contribution in [1.29, 1.82) is 0 Å². The van der Waals surface area contributed by atoms with Gasteiger partial charge in [-0.15, -0.1) is 0 Å². The molecule has 2 heterocycles. The minimum atomic E-state index is -1.07. The molecule has 0 spiro atoms. The number of carbonyl (C=O) groups is 5. The first kappa shape index (κ1) is 40.2. The van der Waals surface area contributed by atoms with E-state index < -0.39 is 29.7 Å². The van der Waals surface area contributed by atoms with Crippen LogP contribution in [0.1, 0.15) is 91.8 Å². The second kappa shape index (κ2) is 24.0. The monoisotopic (exact) mass is 691 g/mol. The van der Waals surface area contributed by atoms with Crippen molar-refractivity contribution in [2.45, 2.75) is 77.2 Å². The van der Waals surface area contributed by atoms with E-state index in [1.165, 1.54) is 25.3 Å². The van der Waals surface area contributed by atoms with Gasteiger partial charge in [-0.3, -0.25) is 34.2 Å². The molecule has 0 bridgehead atoms. The number of fused-ring (bicyclic) bond motifs is 1. The number of carbonyl (C=O) groups excluding carboxylic acids is 5. The van der Waals surface area contributed by atoms with Crippen molar-refractivity contribution in [1.82, 2.24) is 10.2 Å². The first-order chi connectivity index (χ1) is 23.9. The van der Waals surface area contributed by atoms with Gasteiger partial charge < -0.3 is 33.7 Å². The van der Waals surface area contributed by atoms with E-state index >= 15 is 0 Å². The van der Waals surface area contributed by atoms with Crippen LogP contribution in [0.25, 0.3) is 0 Å². The summed E-state index contributed by atoms with van der Waals surface area (Å²) in [4.78, 5) is 63.4. The van der Waals surface area contributed by atoms with E-state index in [0.717, 1.165) is 30.8 Å². The summed E-state index contributed by atoms with van der Waals surface area (Å²) in [5.74, 6) is -2.68. The highest BCUT2D eigenvalue weighted by Gasteiger charge is 2.45. The molecule has 0 saturated carbocycles. The summed E-state index contributed by atoms with van der Waals surface area (Å²) >= 11 is 0. The van der Waals surface area contributed by atoms with Gasteiger partial charge in [0.1, 0.15) is 6.04 Å². The number of anilines is 1. The Balaban J connectivity index is 1.11. The maximum atomic E-state index is 13.2. The Kier molecular flexibility index (Phi) is 19.7. The summed E-state index contributed by atoms with van der Waals surface area (Å²) in [6.45, 7) is 8.68. The Hall–Kier alpha value is -3.27. The Morgan fingerprint density at radius 1 is 0.714 bits per heavy atom. The molecule has 1 saturated heterocycles. The molecule has 5 amide bonds. The normalized spacial score (nSPS) is 15.9. The van der Waals surface area contributed by atoms with Gasteiger partial charge in [-0.05, 0) is 37.8 Å². The molecule has 0 aliphatic carbocycles. The van der Waals surface area contributed by atoms with Crippen LogP contribution in [0.15, 0.2) is 18.2 Å². The molecule has 1 unspecified atom stereocenters. The number of imide groups is 2. The molecule has 49 heavy (non-hydrogen) atoms. The zero-order valence-corrected chi connectivity index (χ0v) is 28.8. The van der Waals surface area contributed by atoms with Crippen LogP contribution in [-0.2, 0) is 42.8 Å². The van der Waals surface area contributed by atoms with Crippen molar-refractivity contribution in [2.24, 2.45) is 0 Å². The summed E-state index contributed by atoms with van der Waals surface area (Å²) in [7, 11) is 0. The van der Waals surface area contributed by atoms with E-state index in [4.69, 9.17) is 28.4 Å². The Labute approximate surface area is 288 Å². The molecular weight excluding hydrogens is 638 g/mol. The fourth-order valence-corrected chi connectivity index (χ4v) is 5.33. The number of amides is 5. The van der Waals surface area contributed by atoms with Crippen LogP contribution in [0.2, 0.25) is 0 Å². The SMILES string of the molecule is CCCCCCOCCOCCOCCOCCOCCOCCCCCC(=O)Nc1cccc2c1C(=O)N(C1CCC(=O)NC1=O)C2=O. The van der Waals surface area contributed by atoms with Crippen molar-refractivity contribution in [3.8, 4) is 0 Å². The molecule has 1 atom stereocenters. The van der Waals surface area contributed by atoms with Crippen LogP contribution in [0, 0.1) is 0 Å². The Morgan fingerprint density at radius 2 is 1.24 bits per heavy atom. The van der Waals surface area contributed by atoms with Gasteiger partial charge in [0.15, 0.2) is 0 Å². The number of benzene rings is 1. The number of hydrogen-bond acceptors (Lipinski definition) is 11. The molecule has 0 radical (unpaired) electrons. The summed E-state index contributed by atoms with van der Waals surface area (Å²) < 4.78 is 33.1. The fraction of sp³-hybridized carbons (Fsp3) is 0.686. The van der Waals surface area contributed by atoms with Crippen molar-refractivity contribution in [2.75, 3.05) is 84.6 Å². The molecule has 14 heteroatoms. The van der Waals surface area contributed by atoms with Crippen molar-refractivity contribution in [3.63, 3.8) is 0 Å². The molecule has 3 rings (SSSR count). The highest BCUT2D eigenvalue weighted by molar-refractivity contribution is 6.26. The van der Waals surface area contributed by atoms with E-state index in [9.17, 15) is 24.0 Å². The third-order valence-corrected chi connectivity index (χ3v) is 7.94. The lowest BCUT2D eigenvalue weighted by atomic mass is 10.0. The van der Waals surface area contributed by atoms with Crippen molar-refractivity contribution >= 4 is 35.2 Å². The lowest BCUT2D eigenvalue weighted by molar-refractivity contribution is -0.136. The lowest BCUT2D eigenvalue weighted by Crippen LogP contribution is -2.54. The van der Waals surface area contributed by atoms with Crippen LogP contribution >= 0.6 is 0 Å². The van der Waals surface area contributed by atoms with Crippen LogP contribution in [0.4, 0.5) is 5.69 Å². The van der Waals surface area contributed by atoms with Gasteiger partial charge >= 0.3 is 0 Å². The van der Waals surface area contributed by atoms with E-state index in [2.05, 4.69) is 17.6 Å². The number of unbranched alkanes of at least 4 members (excludes halogenated alkanes) is 5. The lowest BCUT2D eigenvalue weighted by Gasteiger charge is -2.27. The molecule has 1 aromatic rings. The number of nitrogens with one attached hydrogen (secondary N) is 2. The fourth-order valence-electron chi connectivity index (χ4n) is 5.33. The zero-order chi connectivity index (χ0) is 35.1. The number of hydrogen-bond donors (Lipinski definition) is 2. The van der Waals surface area contributed by atoms with Crippen LogP contribution in [0.3, 0.4) is 0 Å². The number of ether oxygens (including phenoxy) is 6. The van der Waals surface area contributed by atoms with Gasteiger partial charge in [0.2, 0.25) is 17.7 Å². The van der Waals surface area contributed by atoms with Crippen LogP contribution in [0.5, 0.6) is 0 Å². The van der Waals surface area contributed by atoms with Crippen molar-refractivity contribution < 1.29 is 52.4 Å². The maximum Gasteiger partial charge on any atom is 0.264 e. The van der Waals surface area contributed by atoms with Gasteiger partial charge in [0.05, 0.1) is 82.9 Å². The van der Waals surface area contributed by atoms with Crippen LogP contribution in [-0.4, -0.2) is 120 Å². The molecule has 14 nitrogen and oxygen atoms in total. The third kappa shape index (κ3) is 14.6. The van der Waals surface area contributed by atoms with Gasteiger partial charge in [0, 0.05) is 26.1 Å². The average Bonchev–Trinajstić information content (AvgIpc) is 3.34. The van der Waals surface area contributed by atoms with Gasteiger partial charge in [-0.2, -0.15) is 0 Å². The number of rotatable bonds is 28. The maximum absolute atomic E-state index is 13.2. The van der Waals surface area contributed by atoms with Crippen LogP contribution < -0.4 is 10.6 Å². The van der Waals surface area contributed by atoms with Gasteiger partial charge in [-0.1, -0.05) is 38.7 Å². The third-order valence-electron chi connectivity index (χ3n) is 7.94. The molecule has 2 aliphatic heterocycles. The van der Waals surface area contributed by atoms with Gasteiger partial charge in [0.25, 0.3) is 11.8 Å². The van der Waals surface area contributed by atoms with E-state index in [0.29, 0.717) is 79.1 Å². The molecule has 274 valence electrons. The average molecular weight is 692 g/mol. The minimum Gasteiger partial charge on any atom is -0.379 e. The summed E-state index contributed by atoms with van der Waals surface area (Å²) in [6.07, 6.45) is 7.34. The molecular formula is C35H53N3O11. The highest BCUT2D eigenvalue weighted by atomic mass is 16.6. The summed E-state index contributed by atoms with van der Waals surface area (Å²) in [5.41, 5.74) is 0.404. The second-order valence-corrected chi connectivity index (χ2v) is 11.8. The Bertz CT molecular complexity index is 1200. The summed E-state index contributed by atoms with van der Waals surface area (Å²) in [6, 6.07) is 3.55. The van der Waals surface area contributed by atoms with Crippen molar-refractivity contribution in [3.05, 3.63) is 29.3 Å². The quantitative estimate of drug-likeness (QED) is 0.0978. The number of nitrogens with zero attached hydrogens (tertiary/aromatic N) is 1. The Morgan fingerprint density at radius 3 is 1.78 bits per heavy atom. The van der Waals surface area contributed by atoms with E-state index in [1.807, 2.05) is 0 Å². The highest BCUT2D eigenvalue weighted by Crippen LogP contribution is 2.32. The van der Waals surface area contributed by atoms with E-state index in [-0.39, 0.29) is 42.0 Å². The molecule has 0 aromatic heterocycles. The predicted octanol–water partition coefficient (Wildman–Crippen LogP) is 3.27. The standard InChI is InChI=1S/C35H53N3O11/c1-2-3-4-7-15-44-17-19-46-21-23-48-25-26-49-24-22-47-20-18-45-16-8-5-6-12-30(39)36-28-11-9-10-27-32(28)35(43)38(34(27)42)29-13-14-31(40)37-33(29)41/h9-11,29H,2-8,12-26H2,1H3,(H,36,39)(H,37,40,41). The molecule has 2 N–H and O–H groups in total. The number of piperidine rings is 1. The second-order valence-electron chi connectivity index (χ2n) is 11.8. The topological polar surface area (TPSA) is 168 Å².